The molecule has 0 saturated carbocycles. The van der Waals surface area contributed by atoms with Crippen molar-refractivity contribution in [3.63, 3.8) is 0 Å². The lowest BCUT2D eigenvalue weighted by atomic mass is 10.0. The van der Waals surface area contributed by atoms with Gasteiger partial charge in [-0.1, -0.05) is 30.3 Å². The van der Waals surface area contributed by atoms with Crippen LogP contribution in [0.4, 0.5) is 0 Å². The summed E-state index contributed by atoms with van der Waals surface area (Å²) in [6.45, 7) is 1.62. The minimum Gasteiger partial charge on any atom is -0.332 e. The van der Waals surface area contributed by atoms with Crippen LogP contribution in [0.2, 0.25) is 0 Å². The second-order valence-electron chi connectivity index (χ2n) is 6.75. The number of rotatable bonds is 5. The Hall–Kier alpha value is -2.46. The number of aromatic nitrogens is 1. The Bertz CT molecular complexity index is 740. The molecule has 1 saturated heterocycles. The minimum atomic E-state index is 0.0809. The summed E-state index contributed by atoms with van der Waals surface area (Å²) in [5.74, 6) is 0.0809. The molecule has 3 rings (SSSR count). The summed E-state index contributed by atoms with van der Waals surface area (Å²) in [5, 5.41) is 0. The first-order chi connectivity index (χ1) is 12.1. The van der Waals surface area contributed by atoms with Gasteiger partial charge in [0.1, 0.15) is 0 Å². The van der Waals surface area contributed by atoms with Crippen molar-refractivity contribution in [3.05, 3.63) is 71.6 Å². The van der Waals surface area contributed by atoms with Gasteiger partial charge in [0, 0.05) is 25.4 Å². The molecular formula is C21H25N3O. The molecule has 2 heterocycles. The van der Waals surface area contributed by atoms with Gasteiger partial charge in [0.05, 0.1) is 11.7 Å². The molecule has 1 fully saturated rings. The van der Waals surface area contributed by atoms with E-state index in [1.165, 1.54) is 5.56 Å². The number of carbonyl (C=O) groups is 1. The second kappa shape index (κ2) is 8.08. The Kier molecular flexibility index (Phi) is 5.61. The molecule has 0 N–H and O–H groups in total. The zero-order chi connectivity index (χ0) is 17.6. The molecule has 2 aromatic rings. The van der Waals surface area contributed by atoms with Crippen LogP contribution in [-0.2, 0) is 11.3 Å². The van der Waals surface area contributed by atoms with E-state index in [0.29, 0.717) is 0 Å². The van der Waals surface area contributed by atoms with E-state index in [4.69, 9.17) is 0 Å². The molecular weight excluding hydrogens is 310 g/mol. The van der Waals surface area contributed by atoms with E-state index < -0.39 is 0 Å². The van der Waals surface area contributed by atoms with Crippen molar-refractivity contribution in [1.82, 2.24) is 14.8 Å². The third-order valence-electron chi connectivity index (χ3n) is 4.46. The highest BCUT2D eigenvalue weighted by atomic mass is 16.2. The van der Waals surface area contributed by atoms with Crippen molar-refractivity contribution >= 4 is 12.0 Å². The molecule has 130 valence electrons. The van der Waals surface area contributed by atoms with Crippen LogP contribution in [0, 0.1) is 0 Å². The summed E-state index contributed by atoms with van der Waals surface area (Å²) in [4.78, 5) is 21.2. The number of pyridine rings is 1. The SMILES string of the molecule is CN(C)Cc1cc([C@H]2CCCN2C(=O)/C=C/c2ccccc2)ccn1. The summed E-state index contributed by atoms with van der Waals surface area (Å²) in [6, 6.07) is 14.3. The maximum atomic E-state index is 12.7. The topological polar surface area (TPSA) is 36.4 Å². The fraction of sp³-hybridized carbons (Fsp3) is 0.333. The molecule has 1 aromatic carbocycles. The van der Waals surface area contributed by atoms with Crippen molar-refractivity contribution in [2.24, 2.45) is 0 Å². The molecule has 1 amide bonds. The van der Waals surface area contributed by atoms with Gasteiger partial charge in [-0.25, -0.2) is 0 Å². The lowest BCUT2D eigenvalue weighted by molar-refractivity contribution is -0.126. The molecule has 1 atom stereocenters. The average molecular weight is 335 g/mol. The molecule has 1 aromatic heterocycles. The van der Waals surface area contributed by atoms with Crippen LogP contribution in [-0.4, -0.2) is 41.3 Å². The highest BCUT2D eigenvalue weighted by molar-refractivity contribution is 5.92. The molecule has 0 bridgehead atoms. The Labute approximate surface area is 149 Å². The molecule has 0 radical (unpaired) electrons. The zero-order valence-corrected chi connectivity index (χ0v) is 14.9. The molecule has 25 heavy (non-hydrogen) atoms. The number of carbonyl (C=O) groups excluding carboxylic acids is 1. The largest absolute Gasteiger partial charge is 0.332 e. The quantitative estimate of drug-likeness (QED) is 0.785. The summed E-state index contributed by atoms with van der Waals surface area (Å²) in [6.07, 6.45) is 7.49. The maximum absolute atomic E-state index is 12.7. The van der Waals surface area contributed by atoms with Crippen molar-refractivity contribution in [3.8, 4) is 0 Å². The second-order valence-corrected chi connectivity index (χ2v) is 6.75. The van der Waals surface area contributed by atoms with Gasteiger partial charge in [0.2, 0.25) is 5.91 Å². The van der Waals surface area contributed by atoms with Crippen molar-refractivity contribution in [1.29, 1.82) is 0 Å². The highest BCUT2D eigenvalue weighted by Gasteiger charge is 2.28. The van der Waals surface area contributed by atoms with Gasteiger partial charge >= 0.3 is 0 Å². The number of amides is 1. The third kappa shape index (κ3) is 4.54. The van der Waals surface area contributed by atoms with Crippen molar-refractivity contribution in [2.75, 3.05) is 20.6 Å². The van der Waals surface area contributed by atoms with Gasteiger partial charge in [0.25, 0.3) is 0 Å². The van der Waals surface area contributed by atoms with Crippen molar-refractivity contribution < 1.29 is 4.79 Å². The van der Waals surface area contributed by atoms with Crippen LogP contribution in [0.15, 0.2) is 54.7 Å². The first-order valence-electron chi connectivity index (χ1n) is 8.77. The fourth-order valence-corrected chi connectivity index (χ4v) is 3.32. The summed E-state index contributed by atoms with van der Waals surface area (Å²) in [7, 11) is 4.07. The van der Waals surface area contributed by atoms with Gasteiger partial charge in [-0.15, -0.1) is 0 Å². The van der Waals surface area contributed by atoms with Gasteiger partial charge in [-0.2, -0.15) is 0 Å². The lowest BCUT2D eigenvalue weighted by Crippen LogP contribution is -2.29. The Morgan fingerprint density at radius 1 is 1.28 bits per heavy atom. The van der Waals surface area contributed by atoms with Crippen LogP contribution >= 0.6 is 0 Å². The number of nitrogens with zero attached hydrogens (tertiary/aromatic N) is 3. The Balaban J connectivity index is 1.74. The predicted molar refractivity (Wildman–Crippen MR) is 101 cm³/mol. The zero-order valence-electron chi connectivity index (χ0n) is 14.9. The van der Waals surface area contributed by atoms with Gasteiger partial charge in [-0.05, 0) is 56.3 Å². The number of likely N-dealkylation sites (tertiary alicyclic amines) is 1. The van der Waals surface area contributed by atoms with E-state index in [0.717, 1.165) is 37.2 Å². The fourth-order valence-electron chi connectivity index (χ4n) is 3.32. The van der Waals surface area contributed by atoms with Crippen LogP contribution < -0.4 is 0 Å². The first-order valence-corrected chi connectivity index (χ1v) is 8.77. The van der Waals surface area contributed by atoms with Gasteiger partial charge in [-0.3, -0.25) is 9.78 Å². The van der Waals surface area contributed by atoms with Gasteiger partial charge in [0.15, 0.2) is 0 Å². The average Bonchev–Trinajstić information content (AvgIpc) is 3.10. The molecule has 1 aliphatic heterocycles. The summed E-state index contributed by atoms with van der Waals surface area (Å²) < 4.78 is 0. The lowest BCUT2D eigenvalue weighted by Gasteiger charge is -2.24. The third-order valence-corrected chi connectivity index (χ3v) is 4.46. The van der Waals surface area contributed by atoms with Crippen LogP contribution in [0.3, 0.4) is 0 Å². The first kappa shape index (κ1) is 17.4. The van der Waals surface area contributed by atoms with Crippen molar-refractivity contribution in [2.45, 2.75) is 25.4 Å². The van der Waals surface area contributed by atoms with Gasteiger partial charge < -0.3 is 9.80 Å². The molecule has 4 nitrogen and oxygen atoms in total. The standard InChI is InChI=1S/C21H25N3O/c1-23(2)16-19-15-18(12-13-22-19)20-9-6-14-24(20)21(25)11-10-17-7-4-3-5-8-17/h3-5,7-8,10-13,15,20H,6,9,14,16H2,1-2H3/b11-10+/t20-/m1/s1. The molecule has 0 spiro atoms. The minimum absolute atomic E-state index is 0.0809. The van der Waals surface area contributed by atoms with E-state index in [9.17, 15) is 4.79 Å². The van der Waals surface area contributed by atoms with E-state index in [1.54, 1.807) is 6.08 Å². The van der Waals surface area contributed by atoms with E-state index in [1.807, 2.05) is 67.7 Å². The molecule has 1 aliphatic rings. The summed E-state index contributed by atoms with van der Waals surface area (Å²) >= 11 is 0. The van der Waals surface area contributed by atoms with E-state index in [-0.39, 0.29) is 11.9 Å². The highest BCUT2D eigenvalue weighted by Crippen LogP contribution is 2.32. The predicted octanol–water partition coefficient (Wildman–Crippen LogP) is 3.52. The Morgan fingerprint density at radius 3 is 2.84 bits per heavy atom. The van der Waals surface area contributed by atoms with E-state index >= 15 is 0 Å². The molecule has 0 aliphatic carbocycles. The van der Waals surface area contributed by atoms with E-state index in [2.05, 4.69) is 16.0 Å². The van der Waals surface area contributed by atoms with Crippen LogP contribution in [0.5, 0.6) is 0 Å². The molecule has 0 unspecified atom stereocenters. The monoisotopic (exact) mass is 335 g/mol. The number of hydrogen-bond donors (Lipinski definition) is 0. The van der Waals surface area contributed by atoms with Crippen LogP contribution in [0.1, 0.15) is 35.7 Å². The smallest absolute Gasteiger partial charge is 0.247 e. The number of hydrogen-bond acceptors (Lipinski definition) is 3. The Morgan fingerprint density at radius 2 is 2.08 bits per heavy atom. The summed E-state index contributed by atoms with van der Waals surface area (Å²) in [5.41, 5.74) is 3.27. The molecule has 4 heteroatoms. The number of benzene rings is 1. The maximum Gasteiger partial charge on any atom is 0.247 e. The van der Waals surface area contributed by atoms with Crippen LogP contribution in [0.25, 0.3) is 6.08 Å². The normalized spacial score (nSPS) is 17.6.